The smallest absolute Gasteiger partial charge is 0.407 e. The van der Waals surface area contributed by atoms with Gasteiger partial charge < -0.3 is 20.1 Å². The van der Waals surface area contributed by atoms with Crippen molar-refractivity contribution in [3.05, 3.63) is 59.7 Å². The van der Waals surface area contributed by atoms with Gasteiger partial charge in [-0.05, 0) is 33.6 Å². The van der Waals surface area contributed by atoms with E-state index in [0.717, 1.165) is 22.3 Å². The van der Waals surface area contributed by atoms with E-state index in [1.165, 1.54) is 0 Å². The molecule has 2 aromatic carbocycles. The van der Waals surface area contributed by atoms with E-state index in [0.29, 0.717) is 6.54 Å². The lowest BCUT2D eigenvalue weighted by molar-refractivity contribution is -0.144. The van der Waals surface area contributed by atoms with E-state index in [2.05, 4.69) is 29.6 Å². The maximum absolute atomic E-state index is 13.0. The number of benzene rings is 2. The van der Waals surface area contributed by atoms with Crippen LogP contribution in [-0.2, 0) is 14.3 Å². The molecule has 0 bridgehead atoms. The minimum absolute atomic E-state index is 0.00492. The van der Waals surface area contributed by atoms with E-state index in [1.54, 1.807) is 4.90 Å². The van der Waals surface area contributed by atoms with E-state index in [1.807, 2.05) is 52.0 Å². The van der Waals surface area contributed by atoms with Crippen molar-refractivity contribution in [1.29, 1.82) is 0 Å². The summed E-state index contributed by atoms with van der Waals surface area (Å²) >= 11 is 0. The molecular formula is C28H34N2O5. The molecule has 2 atom stereocenters. The molecule has 1 aliphatic carbocycles. The molecule has 0 saturated carbocycles. The Balaban J connectivity index is 1.37. The summed E-state index contributed by atoms with van der Waals surface area (Å²) in [7, 11) is 0. The second kappa shape index (κ2) is 9.72. The quantitative estimate of drug-likeness (QED) is 0.611. The molecule has 2 N–H and O–H groups in total. The normalized spacial score (nSPS) is 19.2. The number of hydrogen-bond donors (Lipinski definition) is 2. The van der Waals surface area contributed by atoms with Crippen molar-refractivity contribution < 1.29 is 24.2 Å². The lowest BCUT2D eigenvalue weighted by atomic mass is 9.82. The van der Waals surface area contributed by atoms with Gasteiger partial charge in [-0.15, -0.1) is 0 Å². The highest BCUT2D eigenvalue weighted by atomic mass is 16.5. The summed E-state index contributed by atoms with van der Waals surface area (Å²) in [6.45, 7) is 8.40. The topological polar surface area (TPSA) is 95.9 Å². The first-order valence-electron chi connectivity index (χ1n) is 12.2. The van der Waals surface area contributed by atoms with Gasteiger partial charge in [-0.3, -0.25) is 9.59 Å². The molecule has 2 aromatic rings. The van der Waals surface area contributed by atoms with Crippen molar-refractivity contribution in [2.75, 3.05) is 19.7 Å². The summed E-state index contributed by atoms with van der Waals surface area (Å²) in [4.78, 5) is 38.9. The van der Waals surface area contributed by atoms with Crippen LogP contribution >= 0.6 is 0 Å². The summed E-state index contributed by atoms with van der Waals surface area (Å²) in [6, 6.07) is 15.9. The van der Waals surface area contributed by atoms with E-state index >= 15 is 0 Å². The largest absolute Gasteiger partial charge is 0.481 e. The number of carbonyl (C=O) groups excluding carboxylic acids is 2. The molecule has 2 amide bonds. The molecular weight excluding hydrogens is 444 g/mol. The molecule has 1 fully saturated rings. The number of carbonyl (C=O) groups is 3. The number of fused-ring (bicyclic) bond motifs is 3. The molecule has 4 rings (SSSR count). The van der Waals surface area contributed by atoms with Crippen LogP contribution in [0.1, 0.15) is 51.2 Å². The summed E-state index contributed by atoms with van der Waals surface area (Å²) in [5.74, 6) is -1.67. The molecule has 186 valence electrons. The SMILES string of the molecule is CC(C)[C@H](CC(=O)N1CC(C(=O)O)C(C)(C)C1)NC(=O)OCC1c2ccccc2-c2ccccc21. The van der Waals surface area contributed by atoms with Gasteiger partial charge in [-0.1, -0.05) is 76.2 Å². The number of carboxylic acid groups (broad SMARTS) is 1. The Bertz CT molecular complexity index is 1080. The van der Waals surface area contributed by atoms with Crippen molar-refractivity contribution in [2.24, 2.45) is 17.3 Å². The van der Waals surface area contributed by atoms with E-state index in [4.69, 9.17) is 4.74 Å². The lowest BCUT2D eigenvalue weighted by Crippen LogP contribution is -2.43. The lowest BCUT2D eigenvalue weighted by Gasteiger charge is -2.26. The minimum Gasteiger partial charge on any atom is -0.481 e. The fraction of sp³-hybridized carbons (Fsp3) is 0.464. The number of rotatable bonds is 7. The Morgan fingerprint density at radius 3 is 2.14 bits per heavy atom. The third kappa shape index (κ3) is 5.04. The van der Waals surface area contributed by atoms with Gasteiger partial charge >= 0.3 is 12.1 Å². The number of nitrogens with one attached hydrogen (secondary N) is 1. The first-order chi connectivity index (χ1) is 16.6. The predicted molar refractivity (Wildman–Crippen MR) is 133 cm³/mol. The first-order valence-corrected chi connectivity index (χ1v) is 12.2. The van der Waals surface area contributed by atoms with Crippen molar-refractivity contribution in [3.8, 4) is 11.1 Å². The maximum Gasteiger partial charge on any atom is 0.407 e. The van der Waals surface area contributed by atoms with Gasteiger partial charge in [-0.2, -0.15) is 0 Å². The van der Waals surface area contributed by atoms with Gasteiger partial charge in [0.25, 0.3) is 0 Å². The van der Waals surface area contributed by atoms with E-state index < -0.39 is 29.4 Å². The molecule has 35 heavy (non-hydrogen) atoms. The number of aliphatic carboxylic acids is 1. The van der Waals surface area contributed by atoms with Crippen molar-refractivity contribution in [3.63, 3.8) is 0 Å². The molecule has 7 nitrogen and oxygen atoms in total. The number of nitrogens with zero attached hydrogens (tertiary/aromatic N) is 1. The fourth-order valence-corrected chi connectivity index (χ4v) is 5.30. The van der Waals surface area contributed by atoms with Crippen molar-refractivity contribution >= 4 is 18.0 Å². The zero-order chi connectivity index (χ0) is 25.3. The van der Waals surface area contributed by atoms with Crippen LogP contribution in [-0.4, -0.2) is 53.7 Å². The number of likely N-dealkylation sites (tertiary alicyclic amines) is 1. The number of carboxylic acids is 1. The highest BCUT2D eigenvalue weighted by molar-refractivity contribution is 5.81. The van der Waals surface area contributed by atoms with E-state index in [-0.39, 0.29) is 37.3 Å². The van der Waals surface area contributed by atoms with Gasteiger partial charge in [-0.25, -0.2) is 4.79 Å². The standard InChI is InChI=1S/C28H34N2O5/c1-17(2)24(13-25(31)30-14-23(26(32)33)28(3,4)16-30)29-27(34)35-15-22-20-11-7-5-9-18(20)19-10-6-8-12-21(19)22/h5-12,17,22-24H,13-16H2,1-4H3,(H,29,34)(H,32,33)/t23?,24-/m0/s1. The molecule has 1 heterocycles. The van der Waals surface area contributed by atoms with Gasteiger partial charge in [0.05, 0.1) is 5.92 Å². The van der Waals surface area contributed by atoms with Crippen LogP contribution in [0.25, 0.3) is 11.1 Å². The van der Waals surface area contributed by atoms with Gasteiger partial charge in [0.2, 0.25) is 5.91 Å². The number of ether oxygens (including phenoxy) is 1. The van der Waals surface area contributed by atoms with Gasteiger partial charge in [0.15, 0.2) is 0 Å². The Morgan fingerprint density at radius 1 is 1.06 bits per heavy atom. The second-order valence-corrected chi connectivity index (χ2v) is 10.7. The van der Waals surface area contributed by atoms with Crippen LogP contribution in [0.5, 0.6) is 0 Å². The van der Waals surface area contributed by atoms with Crippen molar-refractivity contribution in [2.45, 2.75) is 46.1 Å². The summed E-state index contributed by atoms with van der Waals surface area (Å²) < 4.78 is 5.66. The van der Waals surface area contributed by atoms with E-state index in [9.17, 15) is 19.5 Å². The zero-order valence-electron chi connectivity index (χ0n) is 20.8. The average Bonchev–Trinajstić information content (AvgIpc) is 3.31. The van der Waals surface area contributed by atoms with Gasteiger partial charge in [0.1, 0.15) is 6.61 Å². The van der Waals surface area contributed by atoms with Crippen LogP contribution in [0.3, 0.4) is 0 Å². The third-order valence-corrected chi connectivity index (χ3v) is 7.44. The molecule has 0 radical (unpaired) electrons. The molecule has 0 aromatic heterocycles. The molecule has 1 unspecified atom stereocenters. The number of alkyl carbamates (subject to hydrolysis) is 1. The van der Waals surface area contributed by atoms with Crippen molar-refractivity contribution in [1.82, 2.24) is 10.2 Å². The highest BCUT2D eigenvalue weighted by Crippen LogP contribution is 2.44. The zero-order valence-corrected chi connectivity index (χ0v) is 20.8. The highest BCUT2D eigenvalue weighted by Gasteiger charge is 2.45. The fourth-order valence-electron chi connectivity index (χ4n) is 5.30. The maximum atomic E-state index is 13.0. The summed E-state index contributed by atoms with van der Waals surface area (Å²) in [5, 5.41) is 12.4. The van der Waals surface area contributed by atoms with Crippen LogP contribution in [0.4, 0.5) is 4.79 Å². The first kappa shape index (κ1) is 24.8. The molecule has 1 saturated heterocycles. The molecule has 1 aliphatic heterocycles. The van der Waals surface area contributed by atoms with Crippen LogP contribution in [0.15, 0.2) is 48.5 Å². The van der Waals surface area contributed by atoms with Crippen LogP contribution in [0, 0.1) is 17.3 Å². The van der Waals surface area contributed by atoms with Gasteiger partial charge in [0, 0.05) is 31.5 Å². The summed E-state index contributed by atoms with van der Waals surface area (Å²) in [5.41, 5.74) is 4.12. The monoisotopic (exact) mass is 478 g/mol. The Hall–Kier alpha value is -3.35. The Kier molecular flexibility index (Phi) is 6.88. The molecule has 0 spiro atoms. The average molecular weight is 479 g/mol. The third-order valence-electron chi connectivity index (χ3n) is 7.44. The Morgan fingerprint density at radius 2 is 1.63 bits per heavy atom. The number of hydrogen-bond acceptors (Lipinski definition) is 4. The Labute approximate surface area is 206 Å². The number of amides is 2. The molecule has 7 heteroatoms. The minimum atomic E-state index is -0.887. The second-order valence-electron chi connectivity index (χ2n) is 10.7. The predicted octanol–water partition coefficient (Wildman–Crippen LogP) is 4.51. The van der Waals surface area contributed by atoms with Crippen LogP contribution in [0.2, 0.25) is 0 Å². The molecule has 2 aliphatic rings. The van der Waals surface area contributed by atoms with Crippen LogP contribution < -0.4 is 5.32 Å². The summed E-state index contributed by atoms with van der Waals surface area (Å²) in [6.07, 6.45) is -0.451.